The second kappa shape index (κ2) is 4.14. The molecule has 1 aliphatic rings. The number of pyridine rings is 1. The van der Waals surface area contributed by atoms with Crippen LogP contribution in [0.25, 0.3) is 10.9 Å². The lowest BCUT2D eigenvalue weighted by Gasteiger charge is -2.22. The summed E-state index contributed by atoms with van der Waals surface area (Å²) >= 11 is 6.19. The van der Waals surface area contributed by atoms with Gasteiger partial charge in [0.2, 0.25) is 0 Å². The molecular weight excluding hydrogens is 248 g/mol. The van der Waals surface area contributed by atoms with E-state index < -0.39 is 0 Å². The first-order valence-electron chi connectivity index (χ1n) is 5.74. The van der Waals surface area contributed by atoms with Gasteiger partial charge in [0.25, 0.3) is 0 Å². The monoisotopic (exact) mass is 260 g/mol. The van der Waals surface area contributed by atoms with Crippen LogP contribution in [0.4, 0.5) is 0 Å². The number of hydrogen-bond donors (Lipinski definition) is 1. The summed E-state index contributed by atoms with van der Waals surface area (Å²) in [7, 11) is 1.94. The van der Waals surface area contributed by atoms with E-state index in [1.165, 1.54) is 0 Å². The molecule has 1 atom stereocenters. The summed E-state index contributed by atoms with van der Waals surface area (Å²) < 4.78 is 0. The van der Waals surface area contributed by atoms with E-state index >= 15 is 0 Å². The molecule has 0 saturated heterocycles. The molecule has 92 valence electrons. The topological polar surface area (TPSA) is 54.5 Å². The zero-order chi connectivity index (χ0) is 12.7. The molecule has 1 unspecified atom stereocenters. The van der Waals surface area contributed by atoms with Gasteiger partial charge in [-0.25, -0.2) is 0 Å². The van der Waals surface area contributed by atoms with E-state index in [0.29, 0.717) is 12.5 Å². The van der Waals surface area contributed by atoms with Crippen LogP contribution in [0.3, 0.4) is 0 Å². The van der Waals surface area contributed by atoms with Crippen molar-refractivity contribution in [2.24, 2.45) is 10.7 Å². The van der Waals surface area contributed by atoms with Crippen LogP contribution in [-0.4, -0.2) is 29.4 Å². The van der Waals surface area contributed by atoms with Gasteiger partial charge in [-0.05, 0) is 18.2 Å². The molecule has 5 heteroatoms. The number of likely N-dealkylation sites (N-methyl/N-ethyl adjacent to an activating group) is 1. The Balaban J connectivity index is 2.17. The molecule has 0 saturated carbocycles. The van der Waals surface area contributed by atoms with Crippen molar-refractivity contribution in [3.63, 3.8) is 0 Å². The van der Waals surface area contributed by atoms with Crippen LogP contribution < -0.4 is 5.73 Å². The second-order valence-electron chi connectivity index (χ2n) is 4.36. The molecule has 1 aromatic carbocycles. The molecule has 0 spiro atoms. The van der Waals surface area contributed by atoms with Crippen molar-refractivity contribution in [1.82, 2.24) is 9.88 Å². The third-order valence-electron chi connectivity index (χ3n) is 3.36. The van der Waals surface area contributed by atoms with Gasteiger partial charge < -0.3 is 10.6 Å². The molecule has 1 aromatic heterocycles. The highest BCUT2D eigenvalue weighted by molar-refractivity contribution is 6.35. The summed E-state index contributed by atoms with van der Waals surface area (Å²) in [6, 6.07) is 7.92. The predicted octanol–water partition coefficient (Wildman–Crippen LogP) is 2.19. The van der Waals surface area contributed by atoms with Gasteiger partial charge in [0.1, 0.15) is 0 Å². The molecule has 0 bridgehead atoms. The Labute approximate surface area is 110 Å². The fourth-order valence-electron chi connectivity index (χ4n) is 2.31. The number of guanidine groups is 1. The summed E-state index contributed by atoms with van der Waals surface area (Å²) in [4.78, 5) is 10.7. The molecule has 3 rings (SSSR count). The SMILES string of the molecule is CN1C(N)=NCC1c1ccc(Cl)c2cccnc12. The Kier molecular flexibility index (Phi) is 2.59. The van der Waals surface area contributed by atoms with Gasteiger partial charge in [-0.2, -0.15) is 0 Å². The van der Waals surface area contributed by atoms with Gasteiger partial charge in [0.05, 0.1) is 18.1 Å². The first kappa shape index (κ1) is 11.3. The van der Waals surface area contributed by atoms with Gasteiger partial charge in [0, 0.05) is 29.2 Å². The minimum atomic E-state index is 0.139. The van der Waals surface area contributed by atoms with Gasteiger partial charge in [0.15, 0.2) is 5.96 Å². The molecule has 1 aliphatic heterocycles. The fourth-order valence-corrected chi connectivity index (χ4v) is 2.52. The summed E-state index contributed by atoms with van der Waals surface area (Å²) in [5, 5.41) is 1.69. The van der Waals surface area contributed by atoms with Gasteiger partial charge in [-0.1, -0.05) is 17.7 Å². The molecule has 0 fully saturated rings. The second-order valence-corrected chi connectivity index (χ2v) is 4.77. The maximum Gasteiger partial charge on any atom is 0.191 e. The van der Waals surface area contributed by atoms with E-state index in [1.807, 2.05) is 36.2 Å². The van der Waals surface area contributed by atoms with Crippen molar-refractivity contribution in [2.45, 2.75) is 6.04 Å². The average Bonchev–Trinajstić information content (AvgIpc) is 2.71. The maximum absolute atomic E-state index is 6.19. The molecule has 2 N–H and O–H groups in total. The number of hydrogen-bond acceptors (Lipinski definition) is 4. The first-order valence-corrected chi connectivity index (χ1v) is 6.12. The molecular formula is C13H13ClN4. The van der Waals surface area contributed by atoms with Crippen LogP contribution in [-0.2, 0) is 0 Å². The molecule has 2 aromatic rings. The third kappa shape index (κ3) is 1.61. The summed E-state index contributed by atoms with van der Waals surface area (Å²) in [6.07, 6.45) is 1.78. The average molecular weight is 261 g/mol. The third-order valence-corrected chi connectivity index (χ3v) is 3.69. The van der Waals surface area contributed by atoms with Gasteiger partial charge in [-0.15, -0.1) is 0 Å². The fraction of sp³-hybridized carbons (Fsp3) is 0.231. The van der Waals surface area contributed by atoms with E-state index in [4.69, 9.17) is 17.3 Å². The minimum Gasteiger partial charge on any atom is -0.370 e. The van der Waals surface area contributed by atoms with Gasteiger partial charge >= 0.3 is 0 Å². The quantitative estimate of drug-likeness (QED) is 0.855. The van der Waals surface area contributed by atoms with E-state index in [-0.39, 0.29) is 6.04 Å². The largest absolute Gasteiger partial charge is 0.370 e. The smallest absolute Gasteiger partial charge is 0.191 e. The van der Waals surface area contributed by atoms with Crippen LogP contribution in [0.5, 0.6) is 0 Å². The Hall–Kier alpha value is -1.81. The number of rotatable bonds is 1. The van der Waals surface area contributed by atoms with Gasteiger partial charge in [-0.3, -0.25) is 9.98 Å². The molecule has 0 radical (unpaired) electrons. The predicted molar refractivity (Wildman–Crippen MR) is 73.7 cm³/mol. The highest BCUT2D eigenvalue weighted by Gasteiger charge is 2.26. The molecule has 18 heavy (non-hydrogen) atoms. The lowest BCUT2D eigenvalue weighted by Crippen LogP contribution is -2.32. The Bertz CT molecular complexity index is 638. The summed E-state index contributed by atoms with van der Waals surface area (Å²) in [6.45, 7) is 0.662. The van der Waals surface area contributed by atoms with Crippen molar-refractivity contribution in [3.05, 3.63) is 41.0 Å². The number of aliphatic imine (C=N–C) groups is 1. The molecule has 0 amide bonds. The van der Waals surface area contributed by atoms with Crippen LogP contribution in [0.1, 0.15) is 11.6 Å². The highest BCUT2D eigenvalue weighted by Crippen LogP contribution is 2.32. The van der Waals surface area contributed by atoms with E-state index in [2.05, 4.69) is 9.98 Å². The number of benzene rings is 1. The van der Waals surface area contributed by atoms with Crippen LogP contribution in [0.2, 0.25) is 5.02 Å². The van der Waals surface area contributed by atoms with Crippen LogP contribution >= 0.6 is 11.6 Å². The molecule has 0 aliphatic carbocycles. The normalized spacial score (nSPS) is 19.3. The number of nitrogens with zero attached hydrogens (tertiary/aromatic N) is 3. The van der Waals surface area contributed by atoms with Crippen molar-refractivity contribution in [3.8, 4) is 0 Å². The van der Waals surface area contributed by atoms with E-state index in [9.17, 15) is 0 Å². The highest BCUT2D eigenvalue weighted by atomic mass is 35.5. The van der Waals surface area contributed by atoms with E-state index in [1.54, 1.807) is 6.20 Å². The lowest BCUT2D eigenvalue weighted by atomic mass is 10.0. The lowest BCUT2D eigenvalue weighted by molar-refractivity contribution is 0.416. The summed E-state index contributed by atoms with van der Waals surface area (Å²) in [5.74, 6) is 0.569. The zero-order valence-electron chi connectivity index (χ0n) is 9.97. The van der Waals surface area contributed by atoms with Crippen molar-refractivity contribution in [2.75, 3.05) is 13.6 Å². The van der Waals surface area contributed by atoms with E-state index in [0.717, 1.165) is 21.5 Å². The molecule has 2 heterocycles. The first-order chi connectivity index (χ1) is 8.68. The number of aromatic nitrogens is 1. The number of halogens is 1. The number of nitrogens with two attached hydrogens (primary N) is 1. The Morgan fingerprint density at radius 1 is 1.39 bits per heavy atom. The minimum absolute atomic E-state index is 0.139. The van der Waals surface area contributed by atoms with Crippen molar-refractivity contribution >= 4 is 28.5 Å². The molecule has 4 nitrogen and oxygen atoms in total. The van der Waals surface area contributed by atoms with Crippen molar-refractivity contribution < 1.29 is 0 Å². The Morgan fingerprint density at radius 3 is 2.94 bits per heavy atom. The number of fused-ring (bicyclic) bond motifs is 1. The zero-order valence-corrected chi connectivity index (χ0v) is 10.7. The Morgan fingerprint density at radius 2 is 2.22 bits per heavy atom. The summed E-state index contributed by atoms with van der Waals surface area (Å²) in [5.41, 5.74) is 7.85. The van der Waals surface area contributed by atoms with Crippen LogP contribution in [0.15, 0.2) is 35.5 Å². The standard InChI is InChI=1S/C13H13ClN4/c1-18-11(7-17-13(18)15)9-4-5-10(14)8-3-2-6-16-12(8)9/h2-6,11H,7H2,1H3,(H2,15,17). The maximum atomic E-state index is 6.19. The van der Waals surface area contributed by atoms with Crippen LogP contribution in [0, 0.1) is 0 Å². The van der Waals surface area contributed by atoms with Crippen molar-refractivity contribution in [1.29, 1.82) is 0 Å².